The maximum atomic E-state index is 5.97. The van der Waals surface area contributed by atoms with E-state index in [2.05, 4.69) is 9.55 Å². The molecule has 1 saturated heterocycles. The molecule has 1 aliphatic carbocycles. The average Bonchev–Trinajstić information content (AvgIpc) is 3.16. The zero-order valence-corrected chi connectivity index (χ0v) is 12.5. The van der Waals surface area contributed by atoms with Crippen LogP contribution in [0.1, 0.15) is 18.9 Å². The largest absolute Gasteiger partial charge is 0.494 e. The van der Waals surface area contributed by atoms with Crippen molar-refractivity contribution in [1.29, 1.82) is 0 Å². The van der Waals surface area contributed by atoms with Gasteiger partial charge in [0.25, 0.3) is 0 Å². The lowest BCUT2D eigenvalue weighted by Gasteiger charge is -2.44. The van der Waals surface area contributed by atoms with Crippen LogP contribution >= 0.6 is 0 Å². The van der Waals surface area contributed by atoms with Crippen LogP contribution < -0.4 is 10.5 Å². The number of hydrogen-bond acceptors (Lipinski definition) is 5. The van der Waals surface area contributed by atoms with Gasteiger partial charge in [-0.3, -0.25) is 0 Å². The van der Waals surface area contributed by atoms with Crippen molar-refractivity contribution < 1.29 is 14.2 Å². The molecule has 2 fully saturated rings. The van der Waals surface area contributed by atoms with E-state index in [9.17, 15) is 0 Å². The summed E-state index contributed by atoms with van der Waals surface area (Å²) >= 11 is 0. The Morgan fingerprint density at radius 1 is 1.36 bits per heavy atom. The topological polar surface area (TPSA) is 71.5 Å². The van der Waals surface area contributed by atoms with Gasteiger partial charge in [0.05, 0.1) is 44.1 Å². The van der Waals surface area contributed by atoms with Gasteiger partial charge < -0.3 is 24.5 Å². The lowest BCUT2D eigenvalue weighted by Crippen LogP contribution is -2.48. The summed E-state index contributed by atoms with van der Waals surface area (Å²) in [6, 6.07) is 5.87. The molecular formula is C16H19N3O3. The summed E-state index contributed by atoms with van der Waals surface area (Å²) in [6.07, 6.45) is 5.80. The number of imidazole rings is 1. The molecule has 2 heterocycles. The SMILES string of the molecule is COc1c(N)cccc1-c1cn(C2CCC23OCCO3)cn1. The second-order valence-electron chi connectivity index (χ2n) is 5.70. The summed E-state index contributed by atoms with van der Waals surface area (Å²) in [7, 11) is 1.62. The van der Waals surface area contributed by atoms with Crippen molar-refractivity contribution in [3.05, 3.63) is 30.7 Å². The van der Waals surface area contributed by atoms with Gasteiger partial charge in [0, 0.05) is 18.2 Å². The van der Waals surface area contributed by atoms with Crippen LogP contribution in [0.25, 0.3) is 11.3 Å². The van der Waals surface area contributed by atoms with Gasteiger partial charge in [0.1, 0.15) is 0 Å². The van der Waals surface area contributed by atoms with Crippen LogP contribution in [-0.4, -0.2) is 35.7 Å². The predicted molar refractivity (Wildman–Crippen MR) is 81.5 cm³/mol. The number of nitrogen functional groups attached to an aromatic ring is 1. The first kappa shape index (κ1) is 13.6. The summed E-state index contributed by atoms with van der Waals surface area (Å²) < 4.78 is 19.1. The Morgan fingerprint density at radius 3 is 2.86 bits per heavy atom. The van der Waals surface area contributed by atoms with E-state index in [1.54, 1.807) is 7.11 Å². The van der Waals surface area contributed by atoms with Crippen LogP contribution in [0.5, 0.6) is 5.75 Å². The Hall–Kier alpha value is -2.05. The van der Waals surface area contributed by atoms with Crippen molar-refractivity contribution in [1.82, 2.24) is 9.55 Å². The summed E-state index contributed by atoms with van der Waals surface area (Å²) in [5.41, 5.74) is 8.31. The minimum Gasteiger partial charge on any atom is -0.494 e. The number of nitrogens with zero attached hydrogens (tertiary/aromatic N) is 2. The Bertz CT molecular complexity index is 692. The molecule has 1 aliphatic heterocycles. The Kier molecular flexibility index (Phi) is 3.09. The number of benzene rings is 1. The molecule has 2 N–H and O–H groups in total. The second kappa shape index (κ2) is 5.00. The van der Waals surface area contributed by atoms with Crippen molar-refractivity contribution in [3.63, 3.8) is 0 Å². The highest BCUT2D eigenvalue weighted by atomic mass is 16.7. The number of nitrogens with two attached hydrogens (primary N) is 1. The third-order valence-corrected chi connectivity index (χ3v) is 4.54. The van der Waals surface area contributed by atoms with Crippen LogP contribution in [0.3, 0.4) is 0 Å². The Balaban J connectivity index is 1.66. The van der Waals surface area contributed by atoms with E-state index in [1.807, 2.05) is 30.7 Å². The molecule has 0 bridgehead atoms. The minimum absolute atomic E-state index is 0.184. The van der Waals surface area contributed by atoms with Gasteiger partial charge in [0.15, 0.2) is 11.5 Å². The maximum absolute atomic E-state index is 5.97. The van der Waals surface area contributed by atoms with Crippen LogP contribution in [-0.2, 0) is 9.47 Å². The minimum atomic E-state index is -0.447. The number of methoxy groups -OCH3 is 1. The van der Waals surface area contributed by atoms with Crippen molar-refractivity contribution in [2.45, 2.75) is 24.7 Å². The summed E-state index contributed by atoms with van der Waals surface area (Å²) in [5.74, 6) is 0.210. The Morgan fingerprint density at radius 2 is 2.18 bits per heavy atom. The van der Waals surface area contributed by atoms with Gasteiger partial charge in [0.2, 0.25) is 0 Å². The number of rotatable bonds is 3. The van der Waals surface area contributed by atoms with Crippen LogP contribution in [0.15, 0.2) is 30.7 Å². The fourth-order valence-electron chi connectivity index (χ4n) is 3.32. The molecule has 2 aliphatic rings. The van der Waals surface area contributed by atoms with Crippen LogP contribution in [0.2, 0.25) is 0 Å². The molecule has 1 aromatic carbocycles. The first-order chi connectivity index (χ1) is 10.7. The zero-order chi connectivity index (χ0) is 15.2. The number of para-hydroxylation sites is 1. The van der Waals surface area contributed by atoms with Gasteiger partial charge >= 0.3 is 0 Å². The van der Waals surface area contributed by atoms with Crippen LogP contribution in [0.4, 0.5) is 5.69 Å². The molecule has 4 rings (SSSR count). The van der Waals surface area contributed by atoms with Crippen molar-refractivity contribution in [2.75, 3.05) is 26.1 Å². The molecule has 1 aromatic heterocycles. The molecule has 1 atom stereocenters. The highest BCUT2D eigenvalue weighted by Crippen LogP contribution is 2.48. The molecule has 1 saturated carbocycles. The first-order valence-corrected chi connectivity index (χ1v) is 7.48. The van der Waals surface area contributed by atoms with E-state index in [-0.39, 0.29) is 6.04 Å². The predicted octanol–water partition coefficient (Wildman–Crippen LogP) is 2.22. The van der Waals surface area contributed by atoms with Gasteiger partial charge in [-0.05, 0) is 18.6 Å². The zero-order valence-electron chi connectivity index (χ0n) is 12.5. The van der Waals surface area contributed by atoms with E-state index in [1.165, 1.54) is 0 Å². The fraction of sp³-hybridized carbons (Fsp3) is 0.438. The number of anilines is 1. The smallest absolute Gasteiger partial charge is 0.189 e. The summed E-state index contributed by atoms with van der Waals surface area (Å²) in [4.78, 5) is 4.51. The van der Waals surface area contributed by atoms with E-state index >= 15 is 0 Å². The van der Waals surface area contributed by atoms with Gasteiger partial charge in [-0.1, -0.05) is 6.07 Å². The maximum Gasteiger partial charge on any atom is 0.189 e. The second-order valence-corrected chi connectivity index (χ2v) is 5.70. The van der Waals surface area contributed by atoms with E-state index in [4.69, 9.17) is 19.9 Å². The molecule has 0 amide bonds. The molecular weight excluding hydrogens is 282 g/mol. The number of aromatic nitrogens is 2. The van der Waals surface area contributed by atoms with E-state index in [0.29, 0.717) is 24.7 Å². The Labute approximate surface area is 128 Å². The molecule has 22 heavy (non-hydrogen) atoms. The van der Waals surface area contributed by atoms with Crippen molar-refractivity contribution in [2.24, 2.45) is 0 Å². The fourth-order valence-corrected chi connectivity index (χ4v) is 3.32. The molecule has 1 spiro atoms. The first-order valence-electron chi connectivity index (χ1n) is 7.48. The van der Waals surface area contributed by atoms with Gasteiger partial charge in [-0.25, -0.2) is 4.98 Å². The lowest BCUT2D eigenvalue weighted by atomic mass is 9.84. The lowest BCUT2D eigenvalue weighted by molar-refractivity contribution is -0.240. The quantitative estimate of drug-likeness (QED) is 0.880. The average molecular weight is 301 g/mol. The number of ether oxygens (including phenoxy) is 3. The molecule has 0 radical (unpaired) electrons. The van der Waals surface area contributed by atoms with Gasteiger partial charge in [-0.15, -0.1) is 0 Å². The van der Waals surface area contributed by atoms with Crippen molar-refractivity contribution >= 4 is 5.69 Å². The summed E-state index contributed by atoms with van der Waals surface area (Å²) in [5, 5.41) is 0. The normalized spacial score (nSPS) is 22.7. The molecule has 1 unspecified atom stereocenters. The monoisotopic (exact) mass is 301 g/mol. The number of hydrogen-bond donors (Lipinski definition) is 1. The third-order valence-electron chi connectivity index (χ3n) is 4.54. The molecule has 2 aromatic rings. The van der Waals surface area contributed by atoms with Crippen LogP contribution in [0, 0.1) is 0 Å². The molecule has 6 heteroatoms. The van der Waals surface area contributed by atoms with Gasteiger partial charge in [-0.2, -0.15) is 0 Å². The van der Waals surface area contributed by atoms with E-state index < -0.39 is 5.79 Å². The third kappa shape index (κ3) is 1.91. The standard InChI is InChI=1S/C16H19N3O3/c1-20-15-11(3-2-4-12(15)17)13-9-19(10-18-13)14-5-6-16(14)21-7-8-22-16/h2-4,9-10,14H,5-8,17H2,1H3. The summed E-state index contributed by atoms with van der Waals surface area (Å²) in [6.45, 7) is 1.34. The van der Waals surface area contributed by atoms with E-state index in [0.717, 1.165) is 24.1 Å². The molecule has 116 valence electrons. The van der Waals surface area contributed by atoms with Crippen molar-refractivity contribution in [3.8, 4) is 17.0 Å². The highest BCUT2D eigenvalue weighted by molar-refractivity contribution is 5.74. The highest BCUT2D eigenvalue weighted by Gasteiger charge is 2.52. The molecule has 6 nitrogen and oxygen atoms in total.